The van der Waals surface area contributed by atoms with Gasteiger partial charge in [0, 0.05) is 42.5 Å². The van der Waals surface area contributed by atoms with Crippen LogP contribution < -0.4 is 10.6 Å². The van der Waals surface area contributed by atoms with Gasteiger partial charge in [0.25, 0.3) is 5.91 Å². The Balaban J connectivity index is 1.29. The molecular weight excluding hydrogens is 453 g/mol. The Morgan fingerprint density at radius 1 is 0.944 bits per heavy atom. The van der Waals surface area contributed by atoms with E-state index in [1.165, 1.54) is 24.0 Å². The number of nitrogens with zero attached hydrogens (tertiary/aromatic N) is 3. The molecule has 0 aliphatic rings. The highest BCUT2D eigenvalue weighted by atomic mass is 19.1. The molecule has 184 valence electrons. The molecule has 1 heterocycles. The monoisotopic (exact) mass is 483 g/mol. The van der Waals surface area contributed by atoms with Gasteiger partial charge in [0.2, 0.25) is 0 Å². The van der Waals surface area contributed by atoms with Gasteiger partial charge < -0.3 is 10.6 Å². The maximum atomic E-state index is 13.2. The van der Waals surface area contributed by atoms with Gasteiger partial charge in [-0.15, -0.1) is 0 Å². The molecule has 0 atom stereocenters. The highest BCUT2D eigenvalue weighted by molar-refractivity contribution is 5.95. The molecule has 1 aromatic heterocycles. The van der Waals surface area contributed by atoms with Crippen molar-refractivity contribution in [3.63, 3.8) is 0 Å². The predicted octanol–water partition coefficient (Wildman–Crippen LogP) is 5.67. The van der Waals surface area contributed by atoms with Gasteiger partial charge in [-0.25, -0.2) is 14.4 Å². The van der Waals surface area contributed by atoms with Gasteiger partial charge in [0.05, 0.1) is 5.69 Å². The van der Waals surface area contributed by atoms with Crippen LogP contribution in [0.5, 0.6) is 0 Å². The van der Waals surface area contributed by atoms with Crippen molar-refractivity contribution in [1.82, 2.24) is 20.2 Å². The van der Waals surface area contributed by atoms with Crippen molar-refractivity contribution in [2.75, 3.05) is 25.0 Å². The van der Waals surface area contributed by atoms with Crippen molar-refractivity contribution >= 4 is 17.4 Å². The molecule has 1 amide bonds. The van der Waals surface area contributed by atoms with E-state index in [2.05, 4.69) is 56.7 Å². The summed E-state index contributed by atoms with van der Waals surface area (Å²) in [6.45, 7) is 5.54. The standard InChI is InChI=1S/C29H30FN5O/c1-2-35(20-22-8-4-3-5-9-22)17-7-16-31-29(36)24-10-6-11-26(18-24)34-28-19-27(32-21-33-28)23-12-14-25(30)15-13-23/h3-6,8-15,18-19,21H,2,7,16-17,20H2,1H3,(H,31,36)(H,32,33,34). The van der Waals surface area contributed by atoms with Gasteiger partial charge in [-0.1, -0.05) is 43.3 Å². The first-order valence-electron chi connectivity index (χ1n) is 12.1. The van der Waals surface area contributed by atoms with E-state index in [0.717, 1.165) is 37.3 Å². The quantitative estimate of drug-likeness (QED) is 0.269. The minimum absolute atomic E-state index is 0.112. The Bertz CT molecular complexity index is 1260. The molecule has 0 spiro atoms. The first kappa shape index (κ1) is 25.0. The molecule has 0 unspecified atom stereocenters. The number of hydrogen-bond donors (Lipinski definition) is 2. The normalized spacial score (nSPS) is 10.9. The second kappa shape index (κ2) is 12.6. The lowest BCUT2D eigenvalue weighted by Crippen LogP contribution is -2.29. The minimum Gasteiger partial charge on any atom is -0.352 e. The van der Waals surface area contributed by atoms with Crippen LogP contribution in [-0.4, -0.2) is 40.4 Å². The number of carbonyl (C=O) groups is 1. The molecule has 7 heteroatoms. The van der Waals surface area contributed by atoms with E-state index in [-0.39, 0.29) is 11.7 Å². The molecule has 0 fully saturated rings. The van der Waals surface area contributed by atoms with Gasteiger partial charge in [0.1, 0.15) is 18.0 Å². The molecule has 0 saturated heterocycles. The van der Waals surface area contributed by atoms with Gasteiger partial charge in [-0.2, -0.15) is 0 Å². The van der Waals surface area contributed by atoms with Crippen molar-refractivity contribution in [2.24, 2.45) is 0 Å². The maximum Gasteiger partial charge on any atom is 0.251 e. The summed E-state index contributed by atoms with van der Waals surface area (Å²) in [6.07, 6.45) is 2.33. The van der Waals surface area contributed by atoms with E-state index in [9.17, 15) is 9.18 Å². The number of aromatic nitrogens is 2. The fraction of sp³-hybridized carbons (Fsp3) is 0.207. The molecule has 0 saturated carbocycles. The number of amides is 1. The number of benzene rings is 3. The van der Waals surface area contributed by atoms with Crippen molar-refractivity contribution in [2.45, 2.75) is 19.9 Å². The van der Waals surface area contributed by atoms with Crippen molar-refractivity contribution in [3.05, 3.63) is 108 Å². The highest BCUT2D eigenvalue weighted by Gasteiger charge is 2.09. The van der Waals surface area contributed by atoms with Crippen LogP contribution in [-0.2, 0) is 6.54 Å². The van der Waals surface area contributed by atoms with Crippen LogP contribution in [0.4, 0.5) is 15.9 Å². The van der Waals surface area contributed by atoms with Gasteiger partial charge >= 0.3 is 0 Å². The molecular formula is C29H30FN5O. The maximum absolute atomic E-state index is 13.2. The van der Waals surface area contributed by atoms with Crippen LogP contribution in [0.25, 0.3) is 11.3 Å². The molecule has 6 nitrogen and oxygen atoms in total. The smallest absolute Gasteiger partial charge is 0.251 e. The summed E-state index contributed by atoms with van der Waals surface area (Å²) in [7, 11) is 0. The topological polar surface area (TPSA) is 70.2 Å². The Kier molecular flexibility index (Phi) is 8.72. The number of carbonyl (C=O) groups excluding carboxylic acids is 1. The lowest BCUT2D eigenvalue weighted by molar-refractivity contribution is 0.0951. The number of halogens is 1. The van der Waals surface area contributed by atoms with Crippen LogP contribution >= 0.6 is 0 Å². The van der Waals surface area contributed by atoms with E-state index in [1.807, 2.05) is 18.2 Å². The molecule has 0 radical (unpaired) electrons. The second-order valence-electron chi connectivity index (χ2n) is 8.47. The van der Waals surface area contributed by atoms with Gasteiger partial charge in [-0.3, -0.25) is 9.69 Å². The van der Waals surface area contributed by atoms with Gasteiger partial charge in [-0.05, 0) is 61.0 Å². The Morgan fingerprint density at radius 2 is 1.75 bits per heavy atom. The SMILES string of the molecule is CCN(CCCNC(=O)c1cccc(Nc2cc(-c3ccc(F)cc3)ncn2)c1)Cc1ccccc1. The van der Waals surface area contributed by atoms with Crippen LogP contribution in [0.15, 0.2) is 91.3 Å². The van der Waals surface area contributed by atoms with E-state index in [4.69, 9.17) is 0 Å². The molecule has 4 aromatic rings. The predicted molar refractivity (Wildman–Crippen MR) is 141 cm³/mol. The molecule has 36 heavy (non-hydrogen) atoms. The zero-order chi connectivity index (χ0) is 25.2. The summed E-state index contributed by atoms with van der Waals surface area (Å²) in [5.41, 5.74) is 4.08. The summed E-state index contributed by atoms with van der Waals surface area (Å²) in [5, 5.41) is 6.24. The lowest BCUT2D eigenvalue weighted by Gasteiger charge is -2.20. The molecule has 0 aliphatic carbocycles. The zero-order valence-corrected chi connectivity index (χ0v) is 20.3. The Hall–Kier alpha value is -4.10. The third-order valence-corrected chi connectivity index (χ3v) is 5.84. The van der Waals surface area contributed by atoms with Crippen molar-refractivity contribution < 1.29 is 9.18 Å². The highest BCUT2D eigenvalue weighted by Crippen LogP contribution is 2.22. The molecule has 0 bridgehead atoms. The first-order chi connectivity index (χ1) is 17.6. The van der Waals surface area contributed by atoms with Crippen molar-refractivity contribution in [3.8, 4) is 11.3 Å². The third-order valence-electron chi connectivity index (χ3n) is 5.84. The number of nitrogens with one attached hydrogen (secondary N) is 2. The fourth-order valence-electron chi connectivity index (χ4n) is 3.89. The summed E-state index contributed by atoms with van der Waals surface area (Å²) < 4.78 is 13.2. The number of hydrogen-bond acceptors (Lipinski definition) is 5. The second-order valence-corrected chi connectivity index (χ2v) is 8.47. The number of anilines is 2. The Labute approximate surface area is 211 Å². The van der Waals surface area contributed by atoms with Crippen LogP contribution in [0.3, 0.4) is 0 Å². The van der Waals surface area contributed by atoms with E-state index in [1.54, 1.807) is 30.3 Å². The largest absolute Gasteiger partial charge is 0.352 e. The molecule has 3 aromatic carbocycles. The van der Waals surface area contributed by atoms with E-state index < -0.39 is 0 Å². The average Bonchev–Trinajstić information content (AvgIpc) is 2.91. The summed E-state index contributed by atoms with van der Waals surface area (Å²) in [6, 6.07) is 25.6. The first-order valence-corrected chi connectivity index (χ1v) is 12.1. The summed E-state index contributed by atoms with van der Waals surface area (Å²) in [5.74, 6) is 0.176. The van der Waals surface area contributed by atoms with Crippen LogP contribution in [0.1, 0.15) is 29.3 Å². The average molecular weight is 484 g/mol. The molecule has 4 rings (SSSR count). The summed E-state index contributed by atoms with van der Waals surface area (Å²) >= 11 is 0. The minimum atomic E-state index is -0.295. The van der Waals surface area contributed by atoms with E-state index in [0.29, 0.717) is 23.6 Å². The van der Waals surface area contributed by atoms with Crippen LogP contribution in [0.2, 0.25) is 0 Å². The third kappa shape index (κ3) is 7.20. The summed E-state index contributed by atoms with van der Waals surface area (Å²) in [4.78, 5) is 23.6. The number of rotatable bonds is 11. The van der Waals surface area contributed by atoms with Crippen molar-refractivity contribution in [1.29, 1.82) is 0 Å². The lowest BCUT2D eigenvalue weighted by atomic mass is 10.1. The van der Waals surface area contributed by atoms with Gasteiger partial charge in [0.15, 0.2) is 0 Å². The molecule has 0 aliphatic heterocycles. The molecule has 2 N–H and O–H groups in total. The van der Waals surface area contributed by atoms with Crippen LogP contribution in [0, 0.1) is 5.82 Å². The fourth-order valence-corrected chi connectivity index (χ4v) is 3.89. The van der Waals surface area contributed by atoms with E-state index >= 15 is 0 Å². The Morgan fingerprint density at radius 3 is 2.53 bits per heavy atom. The zero-order valence-electron chi connectivity index (χ0n) is 20.3.